The van der Waals surface area contributed by atoms with E-state index in [0.717, 1.165) is 25.8 Å². The van der Waals surface area contributed by atoms with Crippen molar-refractivity contribution in [3.05, 3.63) is 28.8 Å². The molecule has 0 aliphatic carbocycles. The first kappa shape index (κ1) is 14.8. The Balaban J connectivity index is 2.17. The first-order valence-corrected chi connectivity index (χ1v) is 6.89. The van der Waals surface area contributed by atoms with Crippen molar-refractivity contribution in [3.63, 3.8) is 0 Å². The molecule has 0 saturated carbocycles. The molecule has 1 fully saturated rings. The highest BCUT2D eigenvalue weighted by Crippen LogP contribution is 2.23. The molecule has 0 aromatic heterocycles. The minimum Gasteiger partial charge on any atom is -0.478 e. The van der Waals surface area contributed by atoms with Crippen molar-refractivity contribution >= 4 is 29.2 Å². The number of anilines is 1. The third-order valence-electron chi connectivity index (χ3n) is 3.52. The lowest BCUT2D eigenvalue weighted by molar-refractivity contribution is -0.122. The molecule has 1 atom stereocenters. The topological polar surface area (TPSA) is 78.4 Å². The van der Waals surface area contributed by atoms with E-state index in [0.29, 0.717) is 5.69 Å². The van der Waals surface area contributed by atoms with E-state index in [-0.39, 0.29) is 16.5 Å². The fourth-order valence-corrected chi connectivity index (χ4v) is 2.54. The standard InChI is InChI=1S/C14H17ClN2O3/c1-14(4-2-3-5-16-14)13(20)17-11-7-9(12(18)19)6-10(15)8-11/h6-8,16H,2-5H2,1H3,(H,17,20)(H,18,19). The zero-order chi connectivity index (χ0) is 14.8. The zero-order valence-electron chi connectivity index (χ0n) is 11.2. The van der Waals surface area contributed by atoms with Gasteiger partial charge in [-0.1, -0.05) is 11.6 Å². The second kappa shape index (κ2) is 5.81. The van der Waals surface area contributed by atoms with Crippen LogP contribution in [0.25, 0.3) is 0 Å². The van der Waals surface area contributed by atoms with Gasteiger partial charge in [0.25, 0.3) is 0 Å². The predicted molar refractivity (Wildman–Crippen MR) is 77.3 cm³/mol. The summed E-state index contributed by atoms with van der Waals surface area (Å²) in [6, 6.07) is 4.29. The van der Waals surface area contributed by atoms with Gasteiger partial charge in [-0.2, -0.15) is 0 Å². The minimum absolute atomic E-state index is 0.0505. The summed E-state index contributed by atoms with van der Waals surface area (Å²) in [7, 11) is 0. The molecular formula is C14H17ClN2O3. The number of piperidine rings is 1. The van der Waals surface area contributed by atoms with Gasteiger partial charge >= 0.3 is 5.97 Å². The Morgan fingerprint density at radius 3 is 2.70 bits per heavy atom. The van der Waals surface area contributed by atoms with E-state index in [9.17, 15) is 9.59 Å². The Hall–Kier alpha value is -1.59. The van der Waals surface area contributed by atoms with Crippen molar-refractivity contribution in [1.29, 1.82) is 0 Å². The molecule has 1 aliphatic rings. The quantitative estimate of drug-likeness (QED) is 0.801. The Morgan fingerprint density at radius 1 is 1.35 bits per heavy atom. The van der Waals surface area contributed by atoms with Gasteiger partial charge in [-0.05, 0) is 50.9 Å². The molecule has 1 amide bonds. The number of carboxylic acid groups (broad SMARTS) is 1. The first-order valence-electron chi connectivity index (χ1n) is 6.51. The monoisotopic (exact) mass is 296 g/mol. The van der Waals surface area contributed by atoms with Gasteiger partial charge in [0.1, 0.15) is 0 Å². The van der Waals surface area contributed by atoms with Crippen molar-refractivity contribution < 1.29 is 14.7 Å². The number of aromatic carboxylic acids is 1. The van der Waals surface area contributed by atoms with Crippen LogP contribution in [0.4, 0.5) is 5.69 Å². The van der Waals surface area contributed by atoms with E-state index in [4.69, 9.17) is 16.7 Å². The third-order valence-corrected chi connectivity index (χ3v) is 3.74. The van der Waals surface area contributed by atoms with Gasteiger partial charge in [-0.15, -0.1) is 0 Å². The van der Waals surface area contributed by atoms with Crippen LogP contribution in [-0.2, 0) is 4.79 Å². The summed E-state index contributed by atoms with van der Waals surface area (Å²) in [5, 5.41) is 15.2. The first-order chi connectivity index (χ1) is 9.40. The van der Waals surface area contributed by atoms with E-state index >= 15 is 0 Å². The molecule has 1 aliphatic heterocycles. The van der Waals surface area contributed by atoms with E-state index in [1.54, 1.807) is 0 Å². The Bertz CT molecular complexity index is 539. The molecular weight excluding hydrogens is 280 g/mol. The number of carbonyl (C=O) groups is 2. The summed E-state index contributed by atoms with van der Waals surface area (Å²) < 4.78 is 0. The van der Waals surface area contributed by atoms with Crippen molar-refractivity contribution in [3.8, 4) is 0 Å². The molecule has 1 heterocycles. The van der Waals surface area contributed by atoms with Gasteiger partial charge in [-0.25, -0.2) is 4.79 Å². The number of rotatable bonds is 3. The lowest BCUT2D eigenvalue weighted by atomic mass is 9.90. The maximum Gasteiger partial charge on any atom is 0.335 e. The summed E-state index contributed by atoms with van der Waals surface area (Å²) in [5.74, 6) is -1.25. The summed E-state index contributed by atoms with van der Waals surface area (Å²) >= 11 is 5.87. The maximum atomic E-state index is 12.3. The normalized spacial score (nSPS) is 22.3. The lowest BCUT2D eigenvalue weighted by Crippen LogP contribution is -2.54. The summed E-state index contributed by atoms with van der Waals surface area (Å²) in [6.07, 6.45) is 2.81. The van der Waals surface area contributed by atoms with E-state index in [2.05, 4.69) is 10.6 Å². The second-order valence-electron chi connectivity index (χ2n) is 5.20. The van der Waals surface area contributed by atoms with E-state index < -0.39 is 11.5 Å². The fraction of sp³-hybridized carbons (Fsp3) is 0.429. The summed E-state index contributed by atoms with van der Waals surface area (Å²) in [4.78, 5) is 23.3. The van der Waals surface area contributed by atoms with Crippen LogP contribution in [0, 0.1) is 0 Å². The van der Waals surface area contributed by atoms with Gasteiger partial charge < -0.3 is 15.7 Å². The van der Waals surface area contributed by atoms with Crippen LogP contribution in [-0.4, -0.2) is 29.1 Å². The molecule has 108 valence electrons. The molecule has 1 aromatic carbocycles. The molecule has 3 N–H and O–H groups in total. The molecule has 1 aromatic rings. The average Bonchev–Trinajstić information content (AvgIpc) is 2.38. The van der Waals surface area contributed by atoms with Crippen LogP contribution in [0.1, 0.15) is 36.5 Å². The third kappa shape index (κ3) is 3.29. The zero-order valence-corrected chi connectivity index (χ0v) is 12.0. The number of carbonyl (C=O) groups excluding carboxylic acids is 1. The second-order valence-corrected chi connectivity index (χ2v) is 5.64. The number of hydrogen-bond donors (Lipinski definition) is 3. The number of nitrogens with one attached hydrogen (secondary N) is 2. The Morgan fingerprint density at radius 2 is 2.10 bits per heavy atom. The Kier molecular flexibility index (Phi) is 4.30. The van der Waals surface area contributed by atoms with Crippen LogP contribution >= 0.6 is 11.6 Å². The molecule has 5 nitrogen and oxygen atoms in total. The van der Waals surface area contributed by atoms with Crippen molar-refractivity contribution in [2.45, 2.75) is 31.7 Å². The van der Waals surface area contributed by atoms with Crippen LogP contribution in [0.5, 0.6) is 0 Å². The molecule has 6 heteroatoms. The van der Waals surface area contributed by atoms with Gasteiger partial charge in [0.05, 0.1) is 11.1 Å². The van der Waals surface area contributed by atoms with Crippen molar-refractivity contribution in [1.82, 2.24) is 5.32 Å². The predicted octanol–water partition coefficient (Wildman–Crippen LogP) is 2.51. The summed E-state index contributed by atoms with van der Waals surface area (Å²) in [5.41, 5.74) is -0.174. The van der Waals surface area contributed by atoms with E-state index in [1.165, 1.54) is 18.2 Å². The number of carboxylic acids is 1. The molecule has 1 saturated heterocycles. The molecule has 0 bridgehead atoms. The van der Waals surface area contributed by atoms with Gasteiger partial charge in [0, 0.05) is 10.7 Å². The fourth-order valence-electron chi connectivity index (χ4n) is 2.30. The number of amides is 1. The average molecular weight is 297 g/mol. The summed E-state index contributed by atoms with van der Waals surface area (Å²) in [6.45, 7) is 2.66. The van der Waals surface area contributed by atoms with Crippen LogP contribution < -0.4 is 10.6 Å². The van der Waals surface area contributed by atoms with Crippen LogP contribution in [0.15, 0.2) is 18.2 Å². The van der Waals surface area contributed by atoms with Crippen LogP contribution in [0.3, 0.4) is 0 Å². The van der Waals surface area contributed by atoms with Gasteiger partial charge in [0.2, 0.25) is 5.91 Å². The largest absolute Gasteiger partial charge is 0.478 e. The highest BCUT2D eigenvalue weighted by atomic mass is 35.5. The SMILES string of the molecule is CC1(C(=O)Nc2cc(Cl)cc(C(=O)O)c2)CCCCN1. The van der Waals surface area contributed by atoms with Crippen molar-refractivity contribution in [2.75, 3.05) is 11.9 Å². The highest BCUT2D eigenvalue weighted by Gasteiger charge is 2.34. The molecule has 0 spiro atoms. The van der Waals surface area contributed by atoms with E-state index in [1.807, 2.05) is 6.92 Å². The van der Waals surface area contributed by atoms with Gasteiger partial charge in [0.15, 0.2) is 0 Å². The smallest absolute Gasteiger partial charge is 0.335 e. The molecule has 1 unspecified atom stereocenters. The van der Waals surface area contributed by atoms with Crippen LogP contribution in [0.2, 0.25) is 5.02 Å². The maximum absolute atomic E-state index is 12.3. The molecule has 0 radical (unpaired) electrons. The molecule has 20 heavy (non-hydrogen) atoms. The Labute approximate surface area is 122 Å². The number of benzene rings is 1. The molecule has 2 rings (SSSR count). The lowest BCUT2D eigenvalue weighted by Gasteiger charge is -2.33. The number of halogens is 1. The number of hydrogen-bond acceptors (Lipinski definition) is 3. The highest BCUT2D eigenvalue weighted by molar-refractivity contribution is 6.31. The van der Waals surface area contributed by atoms with Crippen molar-refractivity contribution in [2.24, 2.45) is 0 Å². The minimum atomic E-state index is -1.08. The van der Waals surface area contributed by atoms with Gasteiger partial charge in [-0.3, -0.25) is 4.79 Å².